The van der Waals surface area contributed by atoms with Crippen LogP contribution in [0.3, 0.4) is 0 Å². The highest BCUT2D eigenvalue weighted by molar-refractivity contribution is 14.1. The van der Waals surface area contributed by atoms with Crippen molar-refractivity contribution in [2.45, 2.75) is 26.3 Å². The first kappa shape index (κ1) is 16.2. The third-order valence-corrected chi connectivity index (χ3v) is 3.41. The number of amides is 2. The minimum atomic E-state index is -0.379. The van der Waals surface area contributed by atoms with Crippen molar-refractivity contribution < 1.29 is 4.79 Å². The van der Waals surface area contributed by atoms with Crippen molar-refractivity contribution in [2.24, 2.45) is 10.7 Å². The van der Waals surface area contributed by atoms with Gasteiger partial charge in [0.2, 0.25) is 5.96 Å². The normalized spacial score (nSPS) is 12.2. The Morgan fingerprint density at radius 1 is 1.42 bits per heavy atom. The molecule has 5 nitrogen and oxygen atoms in total. The monoisotopic (exact) mass is 438 g/mol. The highest BCUT2D eigenvalue weighted by atomic mass is 127. The topological polar surface area (TPSA) is 79.5 Å². The van der Waals surface area contributed by atoms with E-state index in [0.717, 1.165) is 8.04 Å². The molecular weight excluding hydrogens is 423 g/mol. The zero-order chi connectivity index (χ0) is 14.6. The van der Waals surface area contributed by atoms with Crippen LogP contribution in [0.2, 0.25) is 0 Å². The number of nitrogens with one attached hydrogen (secondary N) is 2. The van der Waals surface area contributed by atoms with E-state index >= 15 is 0 Å². The second-order valence-electron chi connectivity index (χ2n) is 4.90. The molecule has 4 N–H and O–H groups in total. The Kier molecular flexibility index (Phi) is 5.60. The van der Waals surface area contributed by atoms with E-state index in [9.17, 15) is 4.79 Å². The maximum Gasteiger partial charge on any atom is 0.321 e. The van der Waals surface area contributed by atoms with Gasteiger partial charge in [0.15, 0.2) is 0 Å². The molecule has 19 heavy (non-hydrogen) atoms. The molecule has 7 heteroatoms. The van der Waals surface area contributed by atoms with Crippen LogP contribution in [-0.2, 0) is 0 Å². The molecule has 0 saturated heterocycles. The molecule has 104 valence electrons. The average Bonchev–Trinajstić information content (AvgIpc) is 2.20. The summed E-state index contributed by atoms with van der Waals surface area (Å²) in [6.07, 6.45) is 0. The molecule has 0 spiro atoms. The summed E-state index contributed by atoms with van der Waals surface area (Å²) < 4.78 is 1.76. The number of guanidine groups is 1. The van der Waals surface area contributed by atoms with Gasteiger partial charge >= 0.3 is 6.03 Å². The van der Waals surface area contributed by atoms with Crippen molar-refractivity contribution in [3.63, 3.8) is 0 Å². The predicted octanol–water partition coefficient (Wildman–Crippen LogP) is 3.10. The van der Waals surface area contributed by atoms with E-state index in [-0.39, 0.29) is 17.5 Å². The van der Waals surface area contributed by atoms with Crippen LogP contribution in [0.1, 0.15) is 20.8 Å². The Hall–Kier alpha value is -0.830. The van der Waals surface area contributed by atoms with Gasteiger partial charge in [0.05, 0.1) is 5.69 Å². The maximum atomic E-state index is 11.6. The fourth-order valence-electron chi connectivity index (χ4n) is 1.23. The number of carbonyl (C=O) groups excluding carboxylic acids is 1. The third-order valence-electron chi connectivity index (χ3n) is 1.90. The molecule has 1 rings (SSSR count). The summed E-state index contributed by atoms with van der Waals surface area (Å²) in [5.74, 6) is 0.0477. The average molecular weight is 439 g/mol. The van der Waals surface area contributed by atoms with E-state index in [2.05, 4.69) is 54.1 Å². The van der Waals surface area contributed by atoms with Crippen LogP contribution in [-0.4, -0.2) is 17.5 Å². The van der Waals surface area contributed by atoms with E-state index in [1.165, 1.54) is 0 Å². The van der Waals surface area contributed by atoms with Crippen molar-refractivity contribution in [2.75, 3.05) is 0 Å². The number of nitrogens with two attached hydrogens (primary N) is 1. The molecule has 0 saturated carbocycles. The Balaban J connectivity index is 2.81. The molecule has 0 radical (unpaired) electrons. The van der Waals surface area contributed by atoms with Gasteiger partial charge in [-0.15, -0.1) is 0 Å². The number of aliphatic imine (C=N–C) groups is 1. The molecule has 0 fully saturated rings. The van der Waals surface area contributed by atoms with Gasteiger partial charge in [-0.2, -0.15) is 0 Å². The number of halogens is 2. The van der Waals surface area contributed by atoms with Gasteiger partial charge in [0.1, 0.15) is 0 Å². The van der Waals surface area contributed by atoms with Crippen molar-refractivity contribution >= 4 is 56.2 Å². The smallest absolute Gasteiger partial charge is 0.321 e. The molecule has 0 aliphatic carbocycles. The van der Waals surface area contributed by atoms with Gasteiger partial charge in [-0.3, -0.25) is 5.32 Å². The standard InChI is InChI=1S/C12H16BrIN4O/c1-12(2,3)18-11(19)17-10(15)16-9-7(13)5-4-6-8(9)14/h4-6H,1-3H3,(H4,15,16,17,18,19). The molecule has 2 amide bonds. The summed E-state index contributed by atoms with van der Waals surface area (Å²) in [5.41, 5.74) is 6.08. The molecular formula is C12H16BrIN4O. The van der Waals surface area contributed by atoms with Crippen LogP contribution in [0.4, 0.5) is 10.5 Å². The molecule has 0 aliphatic heterocycles. The molecule has 0 aromatic heterocycles. The van der Waals surface area contributed by atoms with Gasteiger partial charge < -0.3 is 11.1 Å². The summed E-state index contributed by atoms with van der Waals surface area (Å²) >= 11 is 5.55. The van der Waals surface area contributed by atoms with Crippen LogP contribution < -0.4 is 16.4 Å². The number of para-hydroxylation sites is 1. The van der Waals surface area contributed by atoms with E-state index in [4.69, 9.17) is 5.73 Å². The quantitative estimate of drug-likeness (QED) is 0.358. The number of carbonyl (C=O) groups is 1. The lowest BCUT2D eigenvalue weighted by Gasteiger charge is -2.20. The highest BCUT2D eigenvalue weighted by Gasteiger charge is 2.14. The molecule has 1 aromatic rings. The minimum Gasteiger partial charge on any atom is -0.369 e. The maximum absolute atomic E-state index is 11.6. The van der Waals surface area contributed by atoms with Crippen LogP contribution >= 0.6 is 38.5 Å². The van der Waals surface area contributed by atoms with Gasteiger partial charge in [-0.1, -0.05) is 6.07 Å². The number of rotatable bonds is 1. The minimum absolute atomic E-state index is 0.0477. The molecule has 0 unspecified atom stereocenters. The molecule has 0 aliphatic rings. The Labute approximate surface area is 134 Å². The fraction of sp³-hybridized carbons (Fsp3) is 0.333. The van der Waals surface area contributed by atoms with E-state index < -0.39 is 0 Å². The number of nitrogens with zero attached hydrogens (tertiary/aromatic N) is 1. The van der Waals surface area contributed by atoms with Gasteiger partial charge in [0, 0.05) is 13.6 Å². The van der Waals surface area contributed by atoms with Crippen LogP contribution in [0.25, 0.3) is 0 Å². The Bertz CT molecular complexity index is 491. The van der Waals surface area contributed by atoms with Crippen molar-refractivity contribution in [3.05, 3.63) is 26.2 Å². The van der Waals surface area contributed by atoms with Crippen LogP contribution in [0, 0.1) is 3.57 Å². The lowest BCUT2D eigenvalue weighted by Crippen LogP contribution is -2.50. The van der Waals surface area contributed by atoms with Gasteiger partial charge in [0.25, 0.3) is 0 Å². The zero-order valence-electron chi connectivity index (χ0n) is 10.9. The number of hydrogen-bond donors (Lipinski definition) is 3. The summed E-state index contributed by atoms with van der Waals surface area (Å²) in [4.78, 5) is 15.8. The second-order valence-corrected chi connectivity index (χ2v) is 6.91. The fourth-order valence-corrected chi connectivity index (χ4v) is 2.68. The Morgan fingerprint density at radius 2 is 2.05 bits per heavy atom. The molecule has 0 atom stereocenters. The second kappa shape index (κ2) is 6.56. The summed E-state index contributed by atoms with van der Waals surface area (Å²) in [7, 11) is 0. The summed E-state index contributed by atoms with van der Waals surface area (Å²) in [6.45, 7) is 5.66. The largest absolute Gasteiger partial charge is 0.369 e. The third kappa shape index (κ3) is 5.77. The predicted molar refractivity (Wildman–Crippen MR) is 89.6 cm³/mol. The highest BCUT2D eigenvalue weighted by Crippen LogP contribution is 2.30. The number of benzene rings is 1. The first-order valence-electron chi connectivity index (χ1n) is 5.56. The molecule has 0 bridgehead atoms. The van der Waals surface area contributed by atoms with Crippen molar-refractivity contribution in [1.82, 2.24) is 10.6 Å². The SMILES string of the molecule is CC(C)(C)NC(=O)NC(N)=Nc1c(Br)cccc1I. The van der Waals surface area contributed by atoms with Crippen LogP contribution in [0.15, 0.2) is 27.7 Å². The lowest BCUT2D eigenvalue weighted by molar-refractivity contribution is 0.236. The van der Waals surface area contributed by atoms with Crippen molar-refractivity contribution in [3.8, 4) is 0 Å². The lowest BCUT2D eigenvalue weighted by atomic mass is 10.1. The van der Waals surface area contributed by atoms with E-state index in [1.54, 1.807) is 0 Å². The summed E-state index contributed by atoms with van der Waals surface area (Å²) in [6, 6.07) is 5.30. The van der Waals surface area contributed by atoms with Crippen molar-refractivity contribution in [1.29, 1.82) is 0 Å². The first-order chi connectivity index (χ1) is 8.69. The summed E-state index contributed by atoms with van der Waals surface area (Å²) in [5, 5.41) is 5.23. The number of hydrogen-bond acceptors (Lipinski definition) is 2. The van der Waals surface area contributed by atoms with E-state index in [1.807, 2.05) is 39.0 Å². The van der Waals surface area contributed by atoms with Crippen LogP contribution in [0.5, 0.6) is 0 Å². The zero-order valence-corrected chi connectivity index (χ0v) is 14.7. The Morgan fingerprint density at radius 3 is 2.58 bits per heavy atom. The number of urea groups is 1. The molecule has 1 aromatic carbocycles. The first-order valence-corrected chi connectivity index (χ1v) is 7.43. The van der Waals surface area contributed by atoms with Gasteiger partial charge in [-0.05, 0) is 71.4 Å². The van der Waals surface area contributed by atoms with Gasteiger partial charge in [-0.25, -0.2) is 9.79 Å². The molecule has 0 heterocycles. The van der Waals surface area contributed by atoms with E-state index in [0.29, 0.717) is 5.69 Å².